The van der Waals surface area contributed by atoms with Crippen LogP contribution in [0.4, 0.5) is 18.0 Å². The maximum absolute atomic E-state index is 13.1. The molecular weight excluding hydrogens is 469 g/mol. The summed E-state index contributed by atoms with van der Waals surface area (Å²) in [5, 5.41) is 2.49. The Labute approximate surface area is 198 Å². The number of halogens is 3. The number of nitrogens with one attached hydrogen (secondary N) is 1. The topological polar surface area (TPSA) is 122 Å². The van der Waals surface area contributed by atoms with Crippen LogP contribution in [0.25, 0.3) is 0 Å². The number of amides is 5. The molecule has 12 heteroatoms. The van der Waals surface area contributed by atoms with Crippen LogP contribution in [0.3, 0.4) is 0 Å². The van der Waals surface area contributed by atoms with E-state index in [0.717, 1.165) is 22.6 Å². The summed E-state index contributed by atoms with van der Waals surface area (Å²) in [6.45, 7) is 0.909. The fraction of sp³-hybridized carbons (Fsp3) is 0.304. The maximum atomic E-state index is 13.1. The molecule has 2 aromatic carbocycles. The van der Waals surface area contributed by atoms with Gasteiger partial charge in [-0.05, 0) is 30.2 Å². The van der Waals surface area contributed by atoms with Crippen LogP contribution in [0.1, 0.15) is 24.5 Å². The van der Waals surface area contributed by atoms with Crippen molar-refractivity contribution in [2.24, 2.45) is 5.73 Å². The SMILES string of the molecule is CC1(c2ccc(OC(F)(F)F)cc2)NC(=O)N(CC(=O)N(CCC(N)=O)Cc2ccccc2)C1=O. The lowest BCUT2D eigenvalue weighted by Crippen LogP contribution is -2.45. The number of hydrogen-bond donors (Lipinski definition) is 2. The average molecular weight is 492 g/mol. The van der Waals surface area contributed by atoms with Crippen molar-refractivity contribution in [1.29, 1.82) is 0 Å². The van der Waals surface area contributed by atoms with Crippen molar-refractivity contribution in [3.63, 3.8) is 0 Å². The third kappa shape index (κ3) is 6.28. The van der Waals surface area contributed by atoms with Gasteiger partial charge < -0.3 is 20.7 Å². The number of urea groups is 1. The number of primary amides is 1. The number of imide groups is 1. The predicted octanol–water partition coefficient (Wildman–Crippen LogP) is 2.26. The molecule has 1 fully saturated rings. The second-order valence-corrected chi connectivity index (χ2v) is 8.04. The molecule has 0 aromatic heterocycles. The van der Waals surface area contributed by atoms with E-state index in [1.807, 2.05) is 0 Å². The van der Waals surface area contributed by atoms with Gasteiger partial charge in [-0.25, -0.2) is 4.79 Å². The fourth-order valence-corrected chi connectivity index (χ4v) is 3.60. The lowest BCUT2D eigenvalue weighted by atomic mass is 9.92. The molecule has 1 atom stereocenters. The second-order valence-electron chi connectivity index (χ2n) is 8.04. The molecule has 9 nitrogen and oxygen atoms in total. The van der Waals surface area contributed by atoms with Crippen LogP contribution in [0, 0.1) is 0 Å². The summed E-state index contributed by atoms with van der Waals surface area (Å²) in [7, 11) is 0. The van der Waals surface area contributed by atoms with Gasteiger partial charge in [-0.2, -0.15) is 0 Å². The van der Waals surface area contributed by atoms with E-state index in [0.29, 0.717) is 0 Å². The molecule has 3 rings (SSSR count). The van der Waals surface area contributed by atoms with E-state index in [-0.39, 0.29) is 25.1 Å². The first-order valence-corrected chi connectivity index (χ1v) is 10.5. The van der Waals surface area contributed by atoms with Crippen molar-refractivity contribution in [2.45, 2.75) is 31.8 Å². The summed E-state index contributed by atoms with van der Waals surface area (Å²) in [4.78, 5) is 52.0. The predicted molar refractivity (Wildman–Crippen MR) is 116 cm³/mol. The highest BCUT2D eigenvalue weighted by Crippen LogP contribution is 2.31. The Balaban J connectivity index is 1.75. The first-order chi connectivity index (χ1) is 16.4. The minimum Gasteiger partial charge on any atom is -0.406 e. The number of nitrogens with zero attached hydrogens (tertiary/aromatic N) is 2. The lowest BCUT2D eigenvalue weighted by molar-refractivity contribution is -0.274. The zero-order valence-electron chi connectivity index (χ0n) is 18.7. The standard InChI is InChI=1S/C23H23F3N4O5/c1-22(16-7-9-17(10-8-16)35-23(24,25)26)20(33)30(21(34)28-22)14-19(32)29(12-11-18(27)31)13-15-5-3-2-4-6-15/h2-10H,11-14H2,1H3,(H2,27,31)(H,28,34). The highest BCUT2D eigenvalue weighted by molar-refractivity contribution is 6.09. The number of rotatable bonds is 9. The van der Waals surface area contributed by atoms with E-state index in [1.54, 1.807) is 30.3 Å². The van der Waals surface area contributed by atoms with Gasteiger partial charge in [-0.3, -0.25) is 19.3 Å². The summed E-state index contributed by atoms with van der Waals surface area (Å²) < 4.78 is 41.0. The van der Waals surface area contributed by atoms with Crippen molar-refractivity contribution >= 4 is 23.8 Å². The number of alkyl halides is 3. The van der Waals surface area contributed by atoms with E-state index in [2.05, 4.69) is 10.1 Å². The molecule has 0 spiro atoms. The van der Waals surface area contributed by atoms with E-state index >= 15 is 0 Å². The molecule has 2 aromatic rings. The van der Waals surface area contributed by atoms with Gasteiger partial charge >= 0.3 is 12.4 Å². The first-order valence-electron chi connectivity index (χ1n) is 10.5. The Hall–Kier alpha value is -4.09. The minimum atomic E-state index is -4.87. The molecule has 186 valence electrons. The molecule has 1 unspecified atom stereocenters. The molecule has 1 aliphatic heterocycles. The molecule has 1 heterocycles. The number of benzene rings is 2. The van der Waals surface area contributed by atoms with Crippen LogP contribution >= 0.6 is 0 Å². The Kier molecular flexibility index (Phi) is 7.32. The molecule has 35 heavy (non-hydrogen) atoms. The molecule has 0 bridgehead atoms. The number of carbonyl (C=O) groups is 4. The molecule has 1 aliphatic rings. The zero-order chi connectivity index (χ0) is 25.8. The fourth-order valence-electron chi connectivity index (χ4n) is 3.60. The minimum absolute atomic E-state index is 0.00928. The van der Waals surface area contributed by atoms with Gasteiger partial charge in [0.1, 0.15) is 17.8 Å². The van der Waals surface area contributed by atoms with Crippen LogP contribution in [0.15, 0.2) is 54.6 Å². The Morgan fingerprint density at radius 3 is 2.29 bits per heavy atom. The lowest BCUT2D eigenvalue weighted by Gasteiger charge is -2.25. The van der Waals surface area contributed by atoms with Gasteiger partial charge in [0.2, 0.25) is 11.8 Å². The van der Waals surface area contributed by atoms with Crippen LogP contribution in [0.5, 0.6) is 5.75 Å². The molecule has 0 aliphatic carbocycles. The summed E-state index contributed by atoms with van der Waals surface area (Å²) >= 11 is 0. The van der Waals surface area contributed by atoms with Crippen LogP contribution < -0.4 is 15.8 Å². The van der Waals surface area contributed by atoms with Crippen molar-refractivity contribution in [2.75, 3.05) is 13.1 Å². The van der Waals surface area contributed by atoms with Gasteiger partial charge in [0.25, 0.3) is 5.91 Å². The van der Waals surface area contributed by atoms with Crippen molar-refractivity contribution in [3.8, 4) is 5.75 Å². The third-order valence-corrected chi connectivity index (χ3v) is 5.43. The first kappa shape index (κ1) is 25.5. The quantitative estimate of drug-likeness (QED) is 0.520. The van der Waals surface area contributed by atoms with Gasteiger partial charge in [0, 0.05) is 19.5 Å². The summed E-state index contributed by atoms with van der Waals surface area (Å²) in [6, 6.07) is 12.6. The second kappa shape index (κ2) is 10.0. The van der Waals surface area contributed by atoms with E-state index in [1.165, 1.54) is 24.0 Å². The van der Waals surface area contributed by atoms with Gasteiger partial charge in [-0.15, -0.1) is 13.2 Å². The van der Waals surface area contributed by atoms with E-state index in [4.69, 9.17) is 5.73 Å². The third-order valence-electron chi connectivity index (χ3n) is 5.43. The highest BCUT2D eigenvalue weighted by atomic mass is 19.4. The average Bonchev–Trinajstić information content (AvgIpc) is 3.00. The molecule has 0 saturated carbocycles. The molecule has 5 amide bonds. The van der Waals surface area contributed by atoms with Crippen LogP contribution in [-0.4, -0.2) is 53.0 Å². The summed E-state index contributed by atoms with van der Waals surface area (Å²) in [5.41, 5.74) is 4.58. The summed E-state index contributed by atoms with van der Waals surface area (Å²) in [6.07, 6.45) is -4.98. The Morgan fingerprint density at radius 2 is 1.71 bits per heavy atom. The zero-order valence-corrected chi connectivity index (χ0v) is 18.7. The number of ether oxygens (including phenoxy) is 1. The van der Waals surface area contributed by atoms with Crippen molar-refractivity contribution in [1.82, 2.24) is 15.1 Å². The number of hydrogen-bond acceptors (Lipinski definition) is 5. The number of nitrogens with two attached hydrogens (primary N) is 1. The van der Waals surface area contributed by atoms with Gasteiger partial charge in [0.05, 0.1) is 0 Å². The van der Waals surface area contributed by atoms with Crippen molar-refractivity contribution < 1.29 is 37.1 Å². The Bertz CT molecular complexity index is 1110. The monoisotopic (exact) mass is 492 g/mol. The molecule has 1 saturated heterocycles. The van der Waals surface area contributed by atoms with E-state index in [9.17, 15) is 32.3 Å². The Morgan fingerprint density at radius 1 is 1.09 bits per heavy atom. The maximum Gasteiger partial charge on any atom is 0.573 e. The smallest absolute Gasteiger partial charge is 0.406 e. The molecule has 0 radical (unpaired) electrons. The largest absolute Gasteiger partial charge is 0.573 e. The van der Waals surface area contributed by atoms with E-state index < -0.39 is 47.9 Å². The van der Waals surface area contributed by atoms with Crippen molar-refractivity contribution in [3.05, 3.63) is 65.7 Å². The molecular formula is C23H23F3N4O5. The van der Waals surface area contributed by atoms with Gasteiger partial charge in [-0.1, -0.05) is 42.5 Å². The van der Waals surface area contributed by atoms with Crippen LogP contribution in [-0.2, 0) is 26.5 Å². The normalized spacial score (nSPS) is 17.8. The summed E-state index contributed by atoms with van der Waals surface area (Å²) in [5.74, 6) is -2.44. The number of carbonyl (C=O) groups excluding carboxylic acids is 4. The van der Waals surface area contributed by atoms with Gasteiger partial charge in [0.15, 0.2) is 0 Å². The highest BCUT2D eigenvalue weighted by Gasteiger charge is 2.49. The van der Waals surface area contributed by atoms with Crippen LogP contribution in [0.2, 0.25) is 0 Å². The molecule has 3 N–H and O–H groups in total.